The first-order valence-corrected chi connectivity index (χ1v) is 5.25. The number of nitrogens with one attached hydrogen (secondary N) is 1. The number of hydrogen-bond donors (Lipinski definition) is 3. The molecule has 88 valence electrons. The van der Waals surface area contributed by atoms with Crippen LogP contribution in [0.5, 0.6) is 0 Å². The van der Waals surface area contributed by atoms with Crippen molar-refractivity contribution < 1.29 is 0 Å². The normalized spacial score (nSPS) is 12.0. The fourth-order valence-corrected chi connectivity index (χ4v) is 1.70. The molecule has 2 rings (SSSR count). The zero-order chi connectivity index (χ0) is 12.6. The van der Waals surface area contributed by atoms with Gasteiger partial charge in [0.15, 0.2) is 0 Å². The van der Waals surface area contributed by atoms with E-state index < -0.39 is 0 Å². The standard InChI is InChI=1S/C12H15N5/c1-7-3-9-10(4-8(7)2)17(6-16-9)12(15)5-11(13)14/h3-6H,15H2,1-2H3,(H3,13,14)/b12-5+. The molecule has 0 bridgehead atoms. The highest BCUT2D eigenvalue weighted by atomic mass is 15.1. The molecule has 5 heteroatoms. The van der Waals surface area contributed by atoms with Crippen LogP contribution < -0.4 is 11.5 Å². The van der Waals surface area contributed by atoms with Crippen molar-refractivity contribution in [2.24, 2.45) is 11.5 Å². The molecular weight excluding hydrogens is 214 g/mol. The van der Waals surface area contributed by atoms with Crippen LogP contribution in [0.4, 0.5) is 0 Å². The summed E-state index contributed by atoms with van der Waals surface area (Å²) in [5.74, 6) is 0.316. The maximum Gasteiger partial charge on any atom is 0.118 e. The van der Waals surface area contributed by atoms with Gasteiger partial charge in [-0.1, -0.05) is 0 Å². The summed E-state index contributed by atoms with van der Waals surface area (Å²) in [5, 5.41) is 7.20. The summed E-state index contributed by atoms with van der Waals surface area (Å²) < 4.78 is 1.73. The largest absolute Gasteiger partial charge is 0.385 e. The van der Waals surface area contributed by atoms with Gasteiger partial charge in [-0.2, -0.15) is 0 Å². The van der Waals surface area contributed by atoms with Crippen molar-refractivity contribution in [3.05, 3.63) is 35.7 Å². The average Bonchev–Trinajstić information content (AvgIpc) is 2.60. The Morgan fingerprint density at radius 2 is 1.94 bits per heavy atom. The number of aromatic nitrogens is 2. The molecule has 0 aliphatic carbocycles. The Balaban J connectivity index is 2.64. The second kappa shape index (κ2) is 3.93. The van der Waals surface area contributed by atoms with Crippen molar-refractivity contribution in [2.45, 2.75) is 13.8 Å². The van der Waals surface area contributed by atoms with Gasteiger partial charge in [-0.15, -0.1) is 0 Å². The quantitative estimate of drug-likeness (QED) is 0.536. The van der Waals surface area contributed by atoms with E-state index in [1.165, 1.54) is 17.2 Å². The van der Waals surface area contributed by atoms with E-state index in [4.69, 9.17) is 16.9 Å². The molecule has 1 heterocycles. The van der Waals surface area contributed by atoms with Gasteiger partial charge in [0.05, 0.1) is 11.0 Å². The molecule has 0 fully saturated rings. The van der Waals surface area contributed by atoms with Crippen LogP contribution in [0, 0.1) is 19.3 Å². The molecule has 0 unspecified atom stereocenters. The zero-order valence-corrected chi connectivity index (χ0v) is 9.86. The lowest BCUT2D eigenvalue weighted by atomic mass is 10.1. The maximum absolute atomic E-state index is 7.20. The summed E-state index contributed by atoms with van der Waals surface area (Å²) in [5.41, 5.74) is 15.3. The number of aryl methyl sites for hydroxylation is 2. The van der Waals surface area contributed by atoms with E-state index in [1.807, 2.05) is 26.0 Å². The Bertz CT molecular complexity index is 621. The highest BCUT2D eigenvalue weighted by molar-refractivity contribution is 5.94. The fraction of sp³-hybridized carbons (Fsp3) is 0.167. The minimum Gasteiger partial charge on any atom is -0.385 e. The number of amidine groups is 1. The first kappa shape index (κ1) is 11.2. The van der Waals surface area contributed by atoms with Gasteiger partial charge in [0.2, 0.25) is 0 Å². The molecule has 0 aliphatic heterocycles. The number of rotatable bonds is 2. The van der Waals surface area contributed by atoms with Crippen molar-refractivity contribution in [3.63, 3.8) is 0 Å². The molecule has 0 aliphatic rings. The predicted octanol–water partition coefficient (Wildman–Crippen LogP) is 1.35. The molecule has 17 heavy (non-hydrogen) atoms. The molecule has 1 aromatic heterocycles. The first-order chi connectivity index (χ1) is 7.99. The summed E-state index contributed by atoms with van der Waals surface area (Å²) in [6, 6.07) is 4.04. The van der Waals surface area contributed by atoms with Gasteiger partial charge in [-0.25, -0.2) is 4.98 Å². The summed E-state index contributed by atoms with van der Waals surface area (Å²) >= 11 is 0. The molecule has 0 amide bonds. The monoisotopic (exact) mass is 229 g/mol. The highest BCUT2D eigenvalue weighted by Gasteiger charge is 2.06. The average molecular weight is 229 g/mol. The molecule has 0 saturated heterocycles. The van der Waals surface area contributed by atoms with E-state index in [2.05, 4.69) is 4.98 Å². The second-order valence-corrected chi connectivity index (χ2v) is 4.06. The molecule has 2 aromatic rings. The van der Waals surface area contributed by atoms with Crippen LogP contribution in [0.2, 0.25) is 0 Å². The van der Waals surface area contributed by atoms with Crippen molar-refractivity contribution in [2.75, 3.05) is 0 Å². The number of nitrogens with zero attached hydrogens (tertiary/aromatic N) is 2. The van der Waals surface area contributed by atoms with Crippen LogP contribution in [0.3, 0.4) is 0 Å². The summed E-state index contributed by atoms with van der Waals surface area (Å²) in [4.78, 5) is 4.28. The number of benzene rings is 1. The lowest BCUT2D eigenvalue weighted by molar-refractivity contribution is 1.09. The van der Waals surface area contributed by atoms with Crippen molar-refractivity contribution >= 4 is 22.7 Å². The molecule has 0 radical (unpaired) electrons. The van der Waals surface area contributed by atoms with E-state index in [0.717, 1.165) is 11.0 Å². The Morgan fingerprint density at radius 1 is 1.29 bits per heavy atom. The van der Waals surface area contributed by atoms with Gasteiger partial charge < -0.3 is 11.5 Å². The van der Waals surface area contributed by atoms with Crippen LogP contribution in [0.25, 0.3) is 16.9 Å². The zero-order valence-electron chi connectivity index (χ0n) is 9.86. The van der Waals surface area contributed by atoms with E-state index in [-0.39, 0.29) is 5.84 Å². The van der Waals surface area contributed by atoms with E-state index >= 15 is 0 Å². The third-order valence-electron chi connectivity index (χ3n) is 2.74. The van der Waals surface area contributed by atoms with E-state index in [1.54, 1.807) is 10.9 Å². The molecule has 0 saturated carbocycles. The number of hydrogen-bond acceptors (Lipinski definition) is 3. The third-order valence-corrected chi connectivity index (χ3v) is 2.74. The minimum absolute atomic E-state index is 0.0758. The maximum atomic E-state index is 7.20. The second-order valence-electron chi connectivity index (χ2n) is 4.06. The van der Waals surface area contributed by atoms with Crippen LogP contribution in [-0.2, 0) is 0 Å². The first-order valence-electron chi connectivity index (χ1n) is 5.25. The lowest BCUT2D eigenvalue weighted by Crippen LogP contribution is -2.12. The van der Waals surface area contributed by atoms with Crippen molar-refractivity contribution in [3.8, 4) is 0 Å². The van der Waals surface area contributed by atoms with E-state index in [0.29, 0.717) is 5.82 Å². The molecule has 0 atom stereocenters. The van der Waals surface area contributed by atoms with Crippen LogP contribution >= 0.6 is 0 Å². The molecule has 5 N–H and O–H groups in total. The van der Waals surface area contributed by atoms with Gasteiger partial charge in [-0.3, -0.25) is 9.98 Å². The SMILES string of the molecule is Cc1cc2ncn(/C(N)=C/C(=N)N)c2cc1C. The molecule has 0 spiro atoms. The summed E-state index contributed by atoms with van der Waals surface area (Å²) in [6.07, 6.45) is 3.04. The van der Waals surface area contributed by atoms with Gasteiger partial charge in [-0.05, 0) is 37.1 Å². The van der Waals surface area contributed by atoms with Gasteiger partial charge in [0.25, 0.3) is 0 Å². The number of imidazole rings is 1. The lowest BCUT2D eigenvalue weighted by Gasteiger charge is -2.05. The van der Waals surface area contributed by atoms with Crippen molar-refractivity contribution in [1.82, 2.24) is 9.55 Å². The van der Waals surface area contributed by atoms with Crippen LogP contribution in [0.15, 0.2) is 24.5 Å². The third kappa shape index (κ3) is 1.99. The molecule has 1 aromatic carbocycles. The van der Waals surface area contributed by atoms with Gasteiger partial charge in [0, 0.05) is 6.08 Å². The number of fused-ring (bicyclic) bond motifs is 1. The van der Waals surface area contributed by atoms with Crippen molar-refractivity contribution in [1.29, 1.82) is 5.41 Å². The summed E-state index contributed by atoms with van der Waals surface area (Å²) in [7, 11) is 0. The Labute approximate surface area is 99.3 Å². The molecule has 5 nitrogen and oxygen atoms in total. The Kier molecular flexibility index (Phi) is 2.59. The van der Waals surface area contributed by atoms with Gasteiger partial charge >= 0.3 is 0 Å². The summed E-state index contributed by atoms with van der Waals surface area (Å²) in [6.45, 7) is 4.08. The Hall–Kier alpha value is -2.30. The van der Waals surface area contributed by atoms with Gasteiger partial charge in [0.1, 0.15) is 18.0 Å². The van der Waals surface area contributed by atoms with Crippen LogP contribution in [0.1, 0.15) is 11.1 Å². The van der Waals surface area contributed by atoms with E-state index in [9.17, 15) is 0 Å². The topological polar surface area (TPSA) is 93.7 Å². The Morgan fingerprint density at radius 3 is 2.59 bits per heavy atom. The van der Waals surface area contributed by atoms with Crippen LogP contribution in [-0.4, -0.2) is 15.4 Å². The smallest absolute Gasteiger partial charge is 0.118 e. The predicted molar refractivity (Wildman–Crippen MR) is 69.6 cm³/mol. The fourth-order valence-electron chi connectivity index (χ4n) is 1.70. The number of nitrogens with two attached hydrogens (primary N) is 2. The molecular formula is C12H15N5. The highest BCUT2D eigenvalue weighted by Crippen LogP contribution is 2.19. The minimum atomic E-state index is -0.0758.